The molecule has 9 heteroatoms. The van der Waals surface area contributed by atoms with Crippen LogP contribution < -0.4 is 15.4 Å². The van der Waals surface area contributed by atoms with E-state index in [2.05, 4.69) is 10.6 Å². The molecule has 1 aliphatic carbocycles. The summed E-state index contributed by atoms with van der Waals surface area (Å²) < 4.78 is 16.9. The monoisotopic (exact) mass is 517 g/mol. The zero-order valence-corrected chi connectivity index (χ0v) is 23.4. The molecule has 1 aliphatic heterocycles. The van der Waals surface area contributed by atoms with Crippen molar-refractivity contribution < 1.29 is 28.6 Å². The van der Waals surface area contributed by atoms with Gasteiger partial charge in [-0.2, -0.15) is 0 Å². The lowest BCUT2D eigenvalue weighted by atomic mass is 9.85. The van der Waals surface area contributed by atoms with Gasteiger partial charge < -0.3 is 29.7 Å². The normalized spacial score (nSPS) is 19.1. The lowest BCUT2D eigenvalue weighted by Crippen LogP contribution is -2.41. The van der Waals surface area contributed by atoms with Crippen molar-refractivity contribution in [3.63, 3.8) is 0 Å². The van der Waals surface area contributed by atoms with Gasteiger partial charge in [0.2, 0.25) is 0 Å². The summed E-state index contributed by atoms with van der Waals surface area (Å²) in [6.07, 6.45) is 3.73. The minimum atomic E-state index is -0.613. The number of benzene rings is 1. The highest BCUT2D eigenvalue weighted by Gasteiger charge is 2.34. The molecule has 2 unspecified atom stereocenters. The van der Waals surface area contributed by atoms with E-state index in [1.807, 2.05) is 58.6 Å². The third-order valence-corrected chi connectivity index (χ3v) is 6.20. The van der Waals surface area contributed by atoms with Gasteiger partial charge in [-0.05, 0) is 110 Å². The Bertz CT molecular complexity index is 995. The number of nitrogens with one attached hydrogen (secondary N) is 2. The van der Waals surface area contributed by atoms with Crippen molar-refractivity contribution in [1.82, 2.24) is 10.2 Å². The van der Waals surface area contributed by atoms with Crippen LogP contribution in [0, 0.1) is 0 Å². The second-order valence-electron chi connectivity index (χ2n) is 11.9. The smallest absolute Gasteiger partial charge is 0.410 e. The highest BCUT2D eigenvalue weighted by Crippen LogP contribution is 2.41. The SMILES string of the molecule is CC1Oc2cc3c(cc2NC1=O)C(N(CCCCCNC(=O)OC(C)(C)C)C(=O)OC(C)(C)C)CCC3. The van der Waals surface area contributed by atoms with Crippen LogP contribution in [-0.4, -0.2) is 53.4 Å². The molecule has 0 bridgehead atoms. The topological polar surface area (TPSA) is 106 Å². The van der Waals surface area contributed by atoms with Crippen molar-refractivity contribution in [2.24, 2.45) is 0 Å². The predicted molar refractivity (Wildman–Crippen MR) is 142 cm³/mol. The van der Waals surface area contributed by atoms with Gasteiger partial charge in [0.05, 0.1) is 11.7 Å². The van der Waals surface area contributed by atoms with E-state index >= 15 is 0 Å². The highest BCUT2D eigenvalue weighted by atomic mass is 16.6. The molecule has 1 heterocycles. The van der Waals surface area contributed by atoms with Crippen LogP contribution in [0.2, 0.25) is 0 Å². The molecule has 3 amide bonds. The summed E-state index contributed by atoms with van der Waals surface area (Å²) in [4.78, 5) is 39.2. The minimum absolute atomic E-state index is 0.153. The molecule has 0 fully saturated rings. The molecule has 1 aromatic carbocycles. The molecule has 1 aromatic rings. The van der Waals surface area contributed by atoms with Gasteiger partial charge >= 0.3 is 12.2 Å². The number of alkyl carbamates (subject to hydrolysis) is 1. The number of unbranched alkanes of at least 4 members (excludes halogenated alkanes) is 2. The largest absolute Gasteiger partial charge is 0.479 e. The molecule has 0 saturated heterocycles. The molecule has 37 heavy (non-hydrogen) atoms. The number of anilines is 1. The number of carbonyl (C=O) groups is 3. The molecule has 3 rings (SSSR count). The fourth-order valence-corrected chi connectivity index (χ4v) is 4.59. The molecule has 2 N–H and O–H groups in total. The maximum absolute atomic E-state index is 13.3. The van der Waals surface area contributed by atoms with Crippen molar-refractivity contribution >= 4 is 23.8 Å². The Balaban J connectivity index is 1.69. The lowest BCUT2D eigenvalue weighted by molar-refractivity contribution is -0.122. The molecule has 2 atom stereocenters. The van der Waals surface area contributed by atoms with Gasteiger partial charge in [0.15, 0.2) is 6.10 Å². The highest BCUT2D eigenvalue weighted by molar-refractivity contribution is 5.97. The summed E-state index contributed by atoms with van der Waals surface area (Å²) >= 11 is 0. The van der Waals surface area contributed by atoms with Gasteiger partial charge in [0, 0.05) is 13.1 Å². The van der Waals surface area contributed by atoms with Crippen LogP contribution in [0.25, 0.3) is 0 Å². The quantitative estimate of drug-likeness (QED) is 0.449. The fourth-order valence-electron chi connectivity index (χ4n) is 4.59. The fraction of sp³-hybridized carbons (Fsp3) is 0.679. The maximum Gasteiger partial charge on any atom is 0.410 e. The van der Waals surface area contributed by atoms with Gasteiger partial charge in [-0.3, -0.25) is 4.79 Å². The molecule has 9 nitrogen and oxygen atoms in total. The van der Waals surface area contributed by atoms with E-state index < -0.39 is 23.4 Å². The second-order valence-corrected chi connectivity index (χ2v) is 11.9. The van der Waals surface area contributed by atoms with Crippen molar-refractivity contribution in [2.45, 2.75) is 110 Å². The third-order valence-electron chi connectivity index (χ3n) is 6.20. The first-order chi connectivity index (χ1) is 17.2. The Morgan fingerprint density at radius 2 is 1.78 bits per heavy atom. The number of rotatable bonds is 7. The van der Waals surface area contributed by atoms with Crippen LogP contribution in [0.15, 0.2) is 12.1 Å². The Kier molecular flexibility index (Phi) is 8.97. The Labute approximate surface area is 220 Å². The summed E-state index contributed by atoms with van der Waals surface area (Å²) in [5, 5.41) is 5.71. The van der Waals surface area contributed by atoms with Crippen molar-refractivity contribution in [1.29, 1.82) is 0 Å². The summed E-state index contributed by atoms with van der Waals surface area (Å²) in [5.74, 6) is 0.497. The predicted octanol–water partition coefficient (Wildman–Crippen LogP) is 5.72. The summed E-state index contributed by atoms with van der Waals surface area (Å²) in [5.41, 5.74) is 1.67. The van der Waals surface area contributed by atoms with Gasteiger partial charge in [-0.25, -0.2) is 9.59 Å². The van der Waals surface area contributed by atoms with Gasteiger partial charge in [-0.1, -0.05) is 0 Å². The van der Waals surface area contributed by atoms with Crippen LogP contribution >= 0.6 is 0 Å². The van der Waals surface area contributed by atoms with Crippen LogP contribution in [0.3, 0.4) is 0 Å². The molecule has 0 saturated carbocycles. The van der Waals surface area contributed by atoms with E-state index in [0.717, 1.165) is 49.7 Å². The molecule has 0 radical (unpaired) electrons. The van der Waals surface area contributed by atoms with E-state index in [1.54, 1.807) is 6.92 Å². The van der Waals surface area contributed by atoms with Crippen LogP contribution in [-0.2, 0) is 20.7 Å². The maximum atomic E-state index is 13.3. The lowest BCUT2D eigenvalue weighted by Gasteiger charge is -2.38. The second kappa shape index (κ2) is 11.6. The molecule has 0 aromatic heterocycles. The Morgan fingerprint density at radius 1 is 1.08 bits per heavy atom. The number of fused-ring (bicyclic) bond motifs is 2. The van der Waals surface area contributed by atoms with Gasteiger partial charge in [-0.15, -0.1) is 0 Å². The van der Waals surface area contributed by atoms with Crippen molar-refractivity contribution in [3.8, 4) is 5.75 Å². The standard InChI is InChI=1S/C28H43N3O6/c1-18-24(32)30-21-17-20-19(16-23(21)35-18)12-11-13-22(20)31(26(34)37-28(5,6)7)15-10-8-9-14-29-25(33)36-27(2,3)4/h16-18,22H,8-15H2,1-7H3,(H,29,33)(H,30,32). The van der Waals surface area contributed by atoms with E-state index in [-0.39, 0.29) is 18.0 Å². The number of hydrogen-bond acceptors (Lipinski definition) is 6. The molecule has 206 valence electrons. The molecular formula is C28H43N3O6. The zero-order valence-electron chi connectivity index (χ0n) is 23.4. The van der Waals surface area contributed by atoms with Crippen molar-refractivity contribution in [3.05, 3.63) is 23.3 Å². The van der Waals surface area contributed by atoms with Crippen LogP contribution in [0.4, 0.5) is 15.3 Å². The van der Waals surface area contributed by atoms with E-state index in [1.165, 1.54) is 0 Å². The zero-order chi connectivity index (χ0) is 27.4. The third kappa shape index (κ3) is 8.27. The number of amides is 3. The van der Waals surface area contributed by atoms with Gasteiger partial charge in [0.1, 0.15) is 17.0 Å². The number of nitrogens with zero attached hydrogens (tertiary/aromatic N) is 1. The molecular weight excluding hydrogens is 474 g/mol. The number of carbonyl (C=O) groups excluding carboxylic acids is 3. The molecule has 0 spiro atoms. The van der Waals surface area contributed by atoms with E-state index in [4.69, 9.17) is 14.2 Å². The van der Waals surface area contributed by atoms with Crippen LogP contribution in [0.1, 0.15) is 97.7 Å². The van der Waals surface area contributed by atoms with E-state index in [0.29, 0.717) is 24.5 Å². The average molecular weight is 518 g/mol. The number of hydrogen-bond donors (Lipinski definition) is 2. The summed E-state index contributed by atoms with van der Waals surface area (Å²) in [6.45, 7) is 13.9. The average Bonchev–Trinajstić information content (AvgIpc) is 2.75. The van der Waals surface area contributed by atoms with Gasteiger partial charge in [0.25, 0.3) is 5.91 Å². The molecule has 2 aliphatic rings. The van der Waals surface area contributed by atoms with Crippen LogP contribution in [0.5, 0.6) is 5.75 Å². The summed E-state index contributed by atoms with van der Waals surface area (Å²) in [6, 6.07) is 3.81. The first kappa shape index (κ1) is 28.6. The number of ether oxygens (including phenoxy) is 3. The minimum Gasteiger partial charge on any atom is -0.479 e. The number of aryl methyl sites for hydroxylation is 1. The first-order valence-corrected chi connectivity index (χ1v) is 13.3. The van der Waals surface area contributed by atoms with Crippen molar-refractivity contribution in [2.75, 3.05) is 18.4 Å². The Hall–Kier alpha value is -2.97. The van der Waals surface area contributed by atoms with E-state index in [9.17, 15) is 14.4 Å². The first-order valence-electron chi connectivity index (χ1n) is 13.3. The Morgan fingerprint density at radius 3 is 2.46 bits per heavy atom. The summed E-state index contributed by atoms with van der Waals surface area (Å²) in [7, 11) is 0.